The number of hydrogen-bond acceptors (Lipinski definition) is 2. The van der Waals surface area contributed by atoms with Gasteiger partial charge >= 0.3 is 0 Å². The van der Waals surface area contributed by atoms with Gasteiger partial charge in [-0.25, -0.2) is 0 Å². The first-order valence-electron chi connectivity index (χ1n) is 6.52. The first-order valence-corrected chi connectivity index (χ1v) is 6.52. The Balaban J connectivity index is 0.00000154. The van der Waals surface area contributed by atoms with Gasteiger partial charge in [-0.3, -0.25) is 4.98 Å². The summed E-state index contributed by atoms with van der Waals surface area (Å²) in [5, 5.41) is 3.50. The van der Waals surface area contributed by atoms with Gasteiger partial charge in [-0.15, -0.1) is 0 Å². The molecule has 4 nitrogen and oxygen atoms in total. The standard InChI is InChI=1S/C13H16N4.C2H6/c1-3-5-11(4-2)8-13-7-6-12(9-15-13)10-16-17-14;1-2/h3-7,9H,8,10H2,1-2H3;1-2H3/b5-3-,11-4+;. The fourth-order valence-electron chi connectivity index (χ4n) is 1.45. The van der Waals surface area contributed by atoms with Crippen molar-refractivity contribution in [3.05, 3.63) is 63.8 Å². The molecule has 0 spiro atoms. The smallest absolute Gasteiger partial charge is 0.0526 e. The van der Waals surface area contributed by atoms with Crippen molar-refractivity contribution in [3.8, 4) is 0 Å². The van der Waals surface area contributed by atoms with E-state index in [9.17, 15) is 0 Å². The maximum absolute atomic E-state index is 8.21. The zero-order chi connectivity index (χ0) is 14.5. The normalized spacial score (nSPS) is 10.6. The number of nitrogens with zero attached hydrogens (tertiary/aromatic N) is 4. The van der Waals surface area contributed by atoms with Crippen LogP contribution in [0.4, 0.5) is 0 Å². The molecule has 0 bridgehead atoms. The molecule has 102 valence electrons. The van der Waals surface area contributed by atoms with Crippen molar-refractivity contribution in [2.45, 2.75) is 40.7 Å². The lowest BCUT2D eigenvalue weighted by Crippen LogP contribution is -1.93. The first-order chi connectivity index (χ1) is 9.30. The van der Waals surface area contributed by atoms with Crippen molar-refractivity contribution in [3.63, 3.8) is 0 Å². The van der Waals surface area contributed by atoms with Gasteiger partial charge in [0.05, 0.1) is 6.54 Å². The van der Waals surface area contributed by atoms with Crippen LogP contribution >= 0.6 is 0 Å². The third kappa shape index (κ3) is 7.06. The van der Waals surface area contributed by atoms with Crippen LogP contribution in [0.3, 0.4) is 0 Å². The van der Waals surface area contributed by atoms with Gasteiger partial charge in [-0.05, 0) is 36.6 Å². The Bertz CT molecular complexity index is 452. The van der Waals surface area contributed by atoms with Gasteiger partial charge in [0.2, 0.25) is 0 Å². The van der Waals surface area contributed by atoms with Crippen LogP contribution in [0, 0.1) is 0 Å². The van der Waals surface area contributed by atoms with Gasteiger partial charge in [-0.2, -0.15) is 0 Å². The summed E-state index contributed by atoms with van der Waals surface area (Å²) in [6.45, 7) is 8.38. The second-order valence-corrected chi connectivity index (χ2v) is 3.59. The van der Waals surface area contributed by atoms with Crippen LogP contribution in [0.15, 0.2) is 47.2 Å². The van der Waals surface area contributed by atoms with E-state index in [1.165, 1.54) is 5.57 Å². The predicted molar refractivity (Wildman–Crippen MR) is 80.7 cm³/mol. The lowest BCUT2D eigenvalue weighted by atomic mass is 10.1. The van der Waals surface area contributed by atoms with Gasteiger partial charge in [0.1, 0.15) is 0 Å². The first kappa shape index (κ1) is 16.9. The van der Waals surface area contributed by atoms with E-state index in [4.69, 9.17) is 5.53 Å². The molecule has 0 N–H and O–H groups in total. The van der Waals surface area contributed by atoms with Crippen LogP contribution in [0.5, 0.6) is 0 Å². The molecule has 1 rings (SSSR count). The molecule has 1 aromatic rings. The zero-order valence-electron chi connectivity index (χ0n) is 12.2. The van der Waals surface area contributed by atoms with Crippen molar-refractivity contribution in [1.82, 2.24) is 4.98 Å². The van der Waals surface area contributed by atoms with Gasteiger partial charge < -0.3 is 0 Å². The summed E-state index contributed by atoms with van der Waals surface area (Å²) in [6.07, 6.45) is 8.76. The summed E-state index contributed by atoms with van der Waals surface area (Å²) >= 11 is 0. The van der Waals surface area contributed by atoms with Crippen molar-refractivity contribution in [1.29, 1.82) is 0 Å². The fourth-order valence-corrected chi connectivity index (χ4v) is 1.45. The average Bonchev–Trinajstić information content (AvgIpc) is 2.48. The minimum absolute atomic E-state index is 0.356. The van der Waals surface area contributed by atoms with E-state index in [2.05, 4.69) is 27.2 Å². The lowest BCUT2D eigenvalue weighted by molar-refractivity contribution is 0.994. The second kappa shape index (κ2) is 11.1. The summed E-state index contributed by atoms with van der Waals surface area (Å²) in [4.78, 5) is 7.06. The molecule has 0 unspecified atom stereocenters. The maximum atomic E-state index is 8.21. The Hall–Kier alpha value is -2.06. The van der Waals surface area contributed by atoms with Crippen LogP contribution in [-0.4, -0.2) is 4.98 Å². The van der Waals surface area contributed by atoms with E-state index in [-0.39, 0.29) is 0 Å². The summed E-state index contributed by atoms with van der Waals surface area (Å²) < 4.78 is 0. The molecule has 0 aliphatic heterocycles. The molecule has 0 radical (unpaired) electrons. The highest BCUT2D eigenvalue weighted by atomic mass is 15.1. The van der Waals surface area contributed by atoms with Crippen LogP contribution in [-0.2, 0) is 13.0 Å². The minimum Gasteiger partial charge on any atom is -0.261 e. The third-order valence-electron chi connectivity index (χ3n) is 2.34. The SMILES string of the molecule is C/C=C\C(=C/C)Cc1ccc(CN=[N+]=[N-])cn1.CC. The van der Waals surface area contributed by atoms with Gasteiger partial charge in [0, 0.05) is 23.2 Å². The minimum atomic E-state index is 0.356. The topological polar surface area (TPSA) is 61.7 Å². The maximum Gasteiger partial charge on any atom is 0.0526 e. The largest absolute Gasteiger partial charge is 0.261 e. The van der Waals surface area contributed by atoms with E-state index in [0.29, 0.717) is 6.54 Å². The molecule has 0 saturated carbocycles. The second-order valence-electron chi connectivity index (χ2n) is 3.59. The molecule has 0 aromatic carbocycles. The quantitative estimate of drug-likeness (QED) is 0.318. The predicted octanol–water partition coefficient (Wildman–Crippen LogP) is 4.98. The van der Waals surface area contributed by atoms with Gasteiger partial charge in [-0.1, -0.05) is 43.3 Å². The summed E-state index contributed by atoms with van der Waals surface area (Å²) in [5.74, 6) is 0. The van der Waals surface area contributed by atoms with E-state index in [1.807, 2.05) is 45.9 Å². The average molecular weight is 258 g/mol. The monoisotopic (exact) mass is 258 g/mol. The highest BCUT2D eigenvalue weighted by Gasteiger charge is 1.98. The number of azide groups is 1. The number of hydrogen-bond donors (Lipinski definition) is 0. The van der Waals surface area contributed by atoms with Crippen molar-refractivity contribution >= 4 is 0 Å². The zero-order valence-corrected chi connectivity index (χ0v) is 12.2. The molecule has 4 heteroatoms. The molecule has 19 heavy (non-hydrogen) atoms. The van der Waals surface area contributed by atoms with Crippen molar-refractivity contribution < 1.29 is 0 Å². The molecule has 1 heterocycles. The Morgan fingerprint density at radius 2 is 2.11 bits per heavy atom. The number of rotatable bonds is 5. The Labute approximate surface area is 115 Å². The molecular formula is C15H22N4. The molecule has 1 aromatic heterocycles. The van der Waals surface area contributed by atoms with Crippen molar-refractivity contribution in [2.75, 3.05) is 0 Å². The van der Waals surface area contributed by atoms with Crippen molar-refractivity contribution in [2.24, 2.45) is 5.11 Å². The molecule has 0 fully saturated rings. The van der Waals surface area contributed by atoms with Crippen LogP contribution in [0.2, 0.25) is 0 Å². The Kier molecular flexibility index (Phi) is 9.86. The number of pyridine rings is 1. The number of aromatic nitrogens is 1. The summed E-state index contributed by atoms with van der Waals surface area (Å²) in [7, 11) is 0. The highest BCUT2D eigenvalue weighted by molar-refractivity contribution is 5.25. The molecular weight excluding hydrogens is 236 g/mol. The van der Waals surface area contributed by atoms with Gasteiger partial charge in [0.25, 0.3) is 0 Å². The molecule has 0 aliphatic rings. The van der Waals surface area contributed by atoms with Gasteiger partial charge in [0.15, 0.2) is 0 Å². The molecule has 0 atom stereocenters. The van der Waals surface area contributed by atoms with Crippen LogP contribution < -0.4 is 0 Å². The lowest BCUT2D eigenvalue weighted by Gasteiger charge is -2.02. The van der Waals surface area contributed by atoms with Crippen LogP contribution in [0.1, 0.15) is 39.0 Å². The van der Waals surface area contributed by atoms with Crippen LogP contribution in [0.25, 0.3) is 10.4 Å². The summed E-state index contributed by atoms with van der Waals surface area (Å²) in [6, 6.07) is 3.91. The Morgan fingerprint density at radius 3 is 2.58 bits per heavy atom. The van der Waals surface area contributed by atoms with E-state index >= 15 is 0 Å². The number of allylic oxidation sites excluding steroid dienone is 4. The Morgan fingerprint density at radius 1 is 1.37 bits per heavy atom. The highest BCUT2D eigenvalue weighted by Crippen LogP contribution is 2.09. The van der Waals surface area contributed by atoms with E-state index in [1.54, 1.807) is 6.20 Å². The molecule has 0 aliphatic carbocycles. The third-order valence-corrected chi connectivity index (χ3v) is 2.34. The van der Waals surface area contributed by atoms with E-state index in [0.717, 1.165) is 17.7 Å². The summed E-state index contributed by atoms with van der Waals surface area (Å²) in [5.41, 5.74) is 11.4. The molecule has 0 amide bonds. The molecule has 0 saturated heterocycles. The van der Waals surface area contributed by atoms with E-state index < -0.39 is 0 Å². The fraction of sp³-hybridized carbons (Fsp3) is 0.400.